The van der Waals surface area contributed by atoms with Crippen molar-refractivity contribution in [3.8, 4) is 0 Å². The van der Waals surface area contributed by atoms with Crippen molar-refractivity contribution >= 4 is 5.96 Å². The van der Waals surface area contributed by atoms with E-state index in [9.17, 15) is 18.3 Å². The van der Waals surface area contributed by atoms with Gasteiger partial charge >= 0.3 is 6.18 Å². The highest BCUT2D eigenvalue weighted by molar-refractivity contribution is 5.78. The number of aliphatic imine (C=N–C) groups is 1. The van der Waals surface area contributed by atoms with E-state index in [4.69, 9.17) is 5.73 Å². The van der Waals surface area contributed by atoms with E-state index >= 15 is 0 Å². The van der Waals surface area contributed by atoms with Gasteiger partial charge in [0.1, 0.15) is 0 Å². The molecule has 7 heteroatoms. The molecule has 0 amide bonds. The maximum absolute atomic E-state index is 12.7. The van der Waals surface area contributed by atoms with Gasteiger partial charge in [-0.1, -0.05) is 0 Å². The van der Waals surface area contributed by atoms with E-state index in [0.29, 0.717) is 12.8 Å². The molecule has 0 bridgehead atoms. The third kappa shape index (κ3) is 5.26. The van der Waals surface area contributed by atoms with Gasteiger partial charge in [-0.3, -0.25) is 4.99 Å². The van der Waals surface area contributed by atoms with E-state index < -0.39 is 17.7 Å². The Balaban J connectivity index is 2.61. The number of alkyl halides is 3. The van der Waals surface area contributed by atoms with Gasteiger partial charge in [-0.2, -0.15) is 13.2 Å². The Labute approximate surface area is 111 Å². The van der Waals surface area contributed by atoms with Gasteiger partial charge in [0.25, 0.3) is 0 Å². The number of aliphatic hydroxyl groups is 1. The summed E-state index contributed by atoms with van der Waals surface area (Å²) in [6.07, 6.45) is -3.78. The van der Waals surface area contributed by atoms with Crippen LogP contribution < -0.4 is 11.1 Å². The van der Waals surface area contributed by atoms with Crippen molar-refractivity contribution in [1.82, 2.24) is 5.32 Å². The minimum atomic E-state index is -4.25. The summed E-state index contributed by atoms with van der Waals surface area (Å²) in [5.41, 5.74) is 4.18. The first kappa shape index (κ1) is 16.1. The third-order valence-electron chi connectivity index (χ3n) is 3.26. The molecule has 1 fully saturated rings. The number of nitrogens with one attached hydrogen (secondary N) is 1. The van der Waals surface area contributed by atoms with E-state index in [-0.39, 0.29) is 31.4 Å². The van der Waals surface area contributed by atoms with E-state index in [1.54, 1.807) is 0 Å². The maximum Gasteiger partial charge on any atom is 0.391 e. The number of hydrogen-bond donors (Lipinski definition) is 3. The predicted octanol–water partition coefficient (Wildman–Crippen LogP) is 1.78. The molecule has 0 aliphatic heterocycles. The summed E-state index contributed by atoms with van der Waals surface area (Å²) in [7, 11) is 0. The van der Waals surface area contributed by atoms with E-state index in [1.165, 1.54) is 0 Å². The summed E-state index contributed by atoms with van der Waals surface area (Å²) in [5, 5.41) is 13.0. The van der Waals surface area contributed by atoms with Gasteiger partial charge in [0.05, 0.1) is 18.1 Å². The molecule has 0 aromatic carbocycles. The lowest BCUT2D eigenvalue weighted by Crippen LogP contribution is -2.44. The van der Waals surface area contributed by atoms with Crippen LogP contribution in [-0.2, 0) is 0 Å². The summed E-state index contributed by atoms with van der Waals surface area (Å²) in [5.74, 6) is -1.29. The number of nitrogens with zero attached hydrogens (tertiary/aromatic N) is 1. The minimum Gasteiger partial charge on any atom is -0.388 e. The summed E-state index contributed by atoms with van der Waals surface area (Å²) >= 11 is 0. The molecule has 19 heavy (non-hydrogen) atoms. The van der Waals surface area contributed by atoms with Gasteiger partial charge in [-0.05, 0) is 39.5 Å². The second-order valence-electron chi connectivity index (χ2n) is 5.56. The highest BCUT2D eigenvalue weighted by Gasteiger charge is 2.46. The molecule has 0 heterocycles. The molecule has 4 nitrogen and oxygen atoms in total. The summed E-state index contributed by atoms with van der Waals surface area (Å²) < 4.78 is 38.0. The molecule has 2 unspecified atom stereocenters. The normalized spacial score (nSPS) is 29.6. The van der Waals surface area contributed by atoms with Crippen molar-refractivity contribution in [1.29, 1.82) is 0 Å². The fraction of sp³-hybridized carbons (Fsp3) is 0.917. The molecule has 0 aromatic rings. The Morgan fingerprint density at radius 1 is 1.53 bits per heavy atom. The van der Waals surface area contributed by atoms with Crippen LogP contribution in [0.4, 0.5) is 13.2 Å². The lowest BCUT2D eigenvalue weighted by molar-refractivity contribution is -0.199. The van der Waals surface area contributed by atoms with Crippen LogP contribution in [0.5, 0.6) is 0 Å². The number of rotatable bonds is 3. The Morgan fingerprint density at radius 2 is 2.16 bits per heavy atom. The number of halogens is 3. The van der Waals surface area contributed by atoms with Gasteiger partial charge in [-0.25, -0.2) is 0 Å². The van der Waals surface area contributed by atoms with Crippen molar-refractivity contribution in [2.45, 2.75) is 57.3 Å². The van der Waals surface area contributed by atoms with E-state index in [1.807, 2.05) is 13.8 Å². The number of guanidine groups is 1. The van der Waals surface area contributed by atoms with E-state index in [0.717, 1.165) is 0 Å². The fourth-order valence-corrected chi connectivity index (χ4v) is 2.34. The van der Waals surface area contributed by atoms with Crippen LogP contribution in [0.2, 0.25) is 0 Å². The van der Waals surface area contributed by atoms with Crippen LogP contribution in [-0.4, -0.2) is 35.4 Å². The van der Waals surface area contributed by atoms with Gasteiger partial charge in [0.15, 0.2) is 5.96 Å². The average molecular weight is 281 g/mol. The number of hydrogen-bond acceptors (Lipinski definition) is 2. The largest absolute Gasteiger partial charge is 0.391 e. The lowest BCUT2D eigenvalue weighted by Gasteiger charge is -2.36. The van der Waals surface area contributed by atoms with Crippen LogP contribution in [0.25, 0.3) is 0 Å². The zero-order valence-electron chi connectivity index (χ0n) is 11.3. The molecule has 1 saturated carbocycles. The molecule has 0 radical (unpaired) electrons. The van der Waals surface area contributed by atoms with E-state index in [2.05, 4.69) is 10.3 Å². The molecule has 0 aromatic heterocycles. The van der Waals surface area contributed by atoms with Crippen molar-refractivity contribution in [3.63, 3.8) is 0 Å². The maximum atomic E-state index is 12.7. The third-order valence-corrected chi connectivity index (χ3v) is 3.26. The Morgan fingerprint density at radius 3 is 2.68 bits per heavy atom. The van der Waals surface area contributed by atoms with Crippen LogP contribution in [0.1, 0.15) is 39.5 Å². The molecule has 112 valence electrons. The van der Waals surface area contributed by atoms with Crippen molar-refractivity contribution in [2.24, 2.45) is 16.6 Å². The SMILES string of the molecule is CC(C)NC(N)=NCC1(O)CCCC(C(F)(F)F)C1. The summed E-state index contributed by atoms with van der Waals surface area (Å²) in [6.45, 7) is 3.65. The van der Waals surface area contributed by atoms with Gasteiger partial charge in [0.2, 0.25) is 0 Å². The molecular weight excluding hydrogens is 259 g/mol. The van der Waals surface area contributed by atoms with Crippen LogP contribution in [0, 0.1) is 5.92 Å². The summed E-state index contributed by atoms with van der Waals surface area (Å²) in [6, 6.07) is 0.0904. The van der Waals surface area contributed by atoms with Crippen molar-refractivity contribution < 1.29 is 18.3 Å². The Hall–Kier alpha value is -0.980. The molecule has 1 aliphatic rings. The minimum absolute atomic E-state index is 0.0786. The highest BCUT2D eigenvalue weighted by atomic mass is 19.4. The molecular formula is C12H22F3N3O. The first-order valence-corrected chi connectivity index (χ1v) is 6.48. The quantitative estimate of drug-likeness (QED) is 0.545. The smallest absolute Gasteiger partial charge is 0.388 e. The van der Waals surface area contributed by atoms with Gasteiger partial charge in [-0.15, -0.1) is 0 Å². The molecule has 0 saturated heterocycles. The first-order chi connectivity index (χ1) is 8.62. The van der Waals surface area contributed by atoms with Gasteiger partial charge < -0.3 is 16.2 Å². The molecule has 0 spiro atoms. The second kappa shape index (κ2) is 5.98. The van der Waals surface area contributed by atoms with Crippen molar-refractivity contribution in [3.05, 3.63) is 0 Å². The topological polar surface area (TPSA) is 70.6 Å². The first-order valence-electron chi connectivity index (χ1n) is 6.48. The van der Waals surface area contributed by atoms with Crippen LogP contribution >= 0.6 is 0 Å². The molecule has 2 atom stereocenters. The standard InChI is InChI=1S/C12H22F3N3O/c1-8(2)18-10(16)17-7-11(19)5-3-4-9(6-11)12(13,14)15/h8-9,19H,3-7H2,1-2H3,(H3,16,17,18). The zero-order chi connectivity index (χ0) is 14.7. The molecule has 4 N–H and O–H groups in total. The van der Waals surface area contributed by atoms with Crippen molar-refractivity contribution in [2.75, 3.05) is 6.54 Å². The summed E-state index contributed by atoms with van der Waals surface area (Å²) in [4.78, 5) is 3.94. The lowest BCUT2D eigenvalue weighted by atomic mass is 9.78. The highest BCUT2D eigenvalue weighted by Crippen LogP contribution is 2.41. The number of nitrogens with two attached hydrogens (primary N) is 1. The molecule has 1 rings (SSSR count). The zero-order valence-corrected chi connectivity index (χ0v) is 11.3. The molecule has 1 aliphatic carbocycles. The average Bonchev–Trinajstić information content (AvgIpc) is 2.25. The van der Waals surface area contributed by atoms with Crippen LogP contribution in [0.15, 0.2) is 4.99 Å². The fourth-order valence-electron chi connectivity index (χ4n) is 2.34. The Bertz CT molecular complexity index is 331. The van der Waals surface area contributed by atoms with Gasteiger partial charge in [0, 0.05) is 6.04 Å². The predicted molar refractivity (Wildman–Crippen MR) is 67.7 cm³/mol. The second-order valence-corrected chi connectivity index (χ2v) is 5.56. The Kier molecular flexibility index (Phi) is 5.06. The van der Waals surface area contributed by atoms with Crippen LogP contribution in [0.3, 0.4) is 0 Å². The monoisotopic (exact) mass is 281 g/mol.